The third-order valence-corrected chi connectivity index (χ3v) is 15.6. The molecule has 3 unspecified atom stereocenters. The van der Waals surface area contributed by atoms with E-state index >= 15 is 0 Å². The SMILES string of the molecule is O=c1ccn([C@@H]2O[C@H](COP(=O)(O)O[C@H]3[C@@H](O)[C@H](n4ccc(=O)[nH]c4=O)O[C@@H]3COP(=O)(O)O[C@H]3[C@@H](O)[C@H](n4ccc(=O)[nH]c4=O)O[C@@H]3COP(=O)(O)O[C@H]3[C@@H](O)[C@H](n4ccc(=O)[nH]c4=O)O[C@@H]3COP(=O)(O)O)[C@@H](O)[C@H]2O)c(=O)[nH]1. The molecule has 4 saturated heterocycles. The highest BCUT2D eigenvalue weighted by molar-refractivity contribution is 7.48. The maximum Gasteiger partial charge on any atom is 0.472 e. The Morgan fingerprint density at radius 2 is 0.630 bits per heavy atom. The Morgan fingerprint density at radius 3 is 0.901 bits per heavy atom. The number of aliphatic hydroxyl groups excluding tert-OH is 5. The number of H-pyrrole nitrogens is 4. The normalized spacial score (nSPS) is 32.8. The molecule has 0 bridgehead atoms. The van der Waals surface area contributed by atoms with E-state index in [0.717, 1.165) is 49.1 Å². The Kier molecular flexibility index (Phi) is 18.5. The molecule has 0 aromatic carbocycles. The third-order valence-electron chi connectivity index (χ3n) is 12.1. The molecule has 8 heterocycles. The fraction of sp³-hybridized carbons (Fsp3) is 0.556. The summed E-state index contributed by atoms with van der Waals surface area (Å²) in [4.78, 5) is 156. The van der Waals surface area contributed by atoms with Gasteiger partial charge < -0.3 is 68.9 Å². The van der Waals surface area contributed by atoms with E-state index in [0.29, 0.717) is 18.3 Å². The summed E-state index contributed by atoms with van der Waals surface area (Å²) < 4.78 is 112. The van der Waals surface area contributed by atoms with Crippen molar-refractivity contribution >= 4 is 31.3 Å². The Morgan fingerprint density at radius 1 is 0.383 bits per heavy atom. The van der Waals surface area contributed by atoms with E-state index in [4.69, 9.17) is 46.1 Å². The molecule has 19 atom stereocenters. The zero-order valence-electron chi connectivity index (χ0n) is 40.1. The number of nitrogens with one attached hydrogen (secondary N) is 4. The van der Waals surface area contributed by atoms with Crippen LogP contribution in [0.25, 0.3) is 0 Å². The minimum atomic E-state index is -5.85. The summed E-state index contributed by atoms with van der Waals surface area (Å²) in [5.41, 5.74) is -8.47. The molecule has 4 aliphatic rings. The lowest BCUT2D eigenvalue weighted by atomic mass is 10.1. The first-order valence-corrected chi connectivity index (χ1v) is 28.8. The van der Waals surface area contributed by atoms with Gasteiger partial charge in [-0.1, -0.05) is 0 Å². The van der Waals surface area contributed by atoms with E-state index in [1.807, 2.05) is 19.9 Å². The molecule has 4 aliphatic heterocycles. The number of hydrogen-bond donors (Lipinski definition) is 14. The minimum Gasteiger partial charge on any atom is -0.387 e. The topological polar surface area (TPSA) is 592 Å². The molecule has 0 spiro atoms. The van der Waals surface area contributed by atoms with Crippen LogP contribution in [0.1, 0.15) is 24.9 Å². The van der Waals surface area contributed by atoms with Crippen molar-refractivity contribution in [2.75, 3.05) is 26.4 Å². The first-order valence-electron chi connectivity index (χ1n) is 22.8. The second-order valence-corrected chi connectivity index (χ2v) is 23.0. The van der Waals surface area contributed by atoms with Gasteiger partial charge in [0, 0.05) is 49.1 Å². The van der Waals surface area contributed by atoms with E-state index in [1.165, 1.54) is 0 Å². The average Bonchev–Trinajstić information content (AvgIpc) is 4.13. The van der Waals surface area contributed by atoms with Crippen molar-refractivity contribution in [3.05, 3.63) is 132 Å². The summed E-state index contributed by atoms with van der Waals surface area (Å²) in [5, 5.41) is 55.1. The van der Waals surface area contributed by atoms with Crippen molar-refractivity contribution in [1.82, 2.24) is 38.2 Å². The number of phosphoric ester groups is 4. The van der Waals surface area contributed by atoms with Gasteiger partial charge in [0.25, 0.3) is 22.2 Å². The second kappa shape index (κ2) is 24.2. The number of aliphatic hydroxyl groups is 5. The summed E-state index contributed by atoms with van der Waals surface area (Å²) in [6, 6.07) is 3.20. The zero-order valence-corrected chi connectivity index (χ0v) is 43.7. The number of aromatic amines is 4. The number of aromatic nitrogens is 8. The van der Waals surface area contributed by atoms with Gasteiger partial charge in [-0.3, -0.25) is 89.0 Å². The highest BCUT2D eigenvalue weighted by Crippen LogP contribution is 2.54. The first kappa shape index (κ1) is 61.9. The van der Waals surface area contributed by atoms with E-state index in [-0.39, 0.29) is 0 Å². The van der Waals surface area contributed by atoms with E-state index < -0.39 is 201 Å². The molecule has 4 aromatic rings. The molecule has 45 heteroatoms. The lowest BCUT2D eigenvalue weighted by Gasteiger charge is -2.26. The Bertz CT molecular complexity index is 3650. The Hall–Kier alpha value is -5.20. The Labute approximate surface area is 444 Å². The monoisotopic (exact) mass is 1240 g/mol. The van der Waals surface area contributed by atoms with Gasteiger partial charge in [0.1, 0.15) is 73.2 Å². The highest BCUT2D eigenvalue weighted by Gasteiger charge is 2.55. The van der Waals surface area contributed by atoms with Crippen molar-refractivity contribution in [1.29, 1.82) is 0 Å². The smallest absolute Gasteiger partial charge is 0.387 e. The highest BCUT2D eigenvalue weighted by atomic mass is 31.2. The van der Waals surface area contributed by atoms with Crippen molar-refractivity contribution in [2.45, 2.75) is 98.2 Å². The zero-order chi connectivity index (χ0) is 59.3. The molecule has 4 fully saturated rings. The summed E-state index contributed by atoms with van der Waals surface area (Å²) in [6.45, 7) is -5.09. The molecule has 81 heavy (non-hydrogen) atoms. The van der Waals surface area contributed by atoms with E-state index in [2.05, 4.69) is 4.52 Å². The van der Waals surface area contributed by atoms with Gasteiger partial charge in [0.2, 0.25) is 0 Å². The molecule has 448 valence electrons. The number of hydrogen-bond acceptors (Lipinski definition) is 28. The summed E-state index contributed by atoms with van der Waals surface area (Å²) in [7, 11) is -22.6. The van der Waals surface area contributed by atoms with Gasteiger partial charge in [0.05, 0.1) is 26.4 Å². The van der Waals surface area contributed by atoms with Crippen LogP contribution in [0.3, 0.4) is 0 Å². The van der Waals surface area contributed by atoms with Gasteiger partial charge in [-0.05, 0) is 0 Å². The lowest BCUT2D eigenvalue weighted by Crippen LogP contribution is -2.40. The van der Waals surface area contributed by atoms with Gasteiger partial charge in [-0.2, -0.15) is 0 Å². The van der Waals surface area contributed by atoms with Gasteiger partial charge in [-0.15, -0.1) is 0 Å². The molecule has 41 nitrogen and oxygen atoms in total. The maximum atomic E-state index is 13.8. The number of rotatable bonds is 22. The van der Waals surface area contributed by atoms with Crippen LogP contribution in [-0.2, 0) is 68.9 Å². The van der Waals surface area contributed by atoms with Crippen LogP contribution >= 0.6 is 31.3 Å². The fourth-order valence-electron chi connectivity index (χ4n) is 8.47. The lowest BCUT2D eigenvalue weighted by molar-refractivity contribution is -0.0657. The van der Waals surface area contributed by atoms with Crippen LogP contribution in [0.15, 0.2) is 87.4 Å². The summed E-state index contributed by atoms with van der Waals surface area (Å²) >= 11 is 0. The predicted molar refractivity (Wildman–Crippen MR) is 251 cm³/mol. The molecule has 0 radical (unpaired) electrons. The molecule has 0 aliphatic carbocycles. The van der Waals surface area contributed by atoms with Crippen LogP contribution in [-0.4, -0.2) is 188 Å². The maximum absolute atomic E-state index is 13.8. The average molecular weight is 1240 g/mol. The second-order valence-electron chi connectivity index (χ2n) is 17.6. The van der Waals surface area contributed by atoms with Crippen LogP contribution in [0.4, 0.5) is 0 Å². The predicted octanol–water partition coefficient (Wildman–Crippen LogP) is -7.80. The van der Waals surface area contributed by atoms with Crippen LogP contribution in [0.2, 0.25) is 0 Å². The molecule has 8 rings (SSSR count). The Balaban J connectivity index is 0.995. The van der Waals surface area contributed by atoms with Crippen molar-refractivity contribution in [3.63, 3.8) is 0 Å². The van der Waals surface area contributed by atoms with Crippen LogP contribution in [0, 0.1) is 0 Å². The van der Waals surface area contributed by atoms with Gasteiger partial charge in [0.15, 0.2) is 24.9 Å². The van der Waals surface area contributed by atoms with E-state index in [9.17, 15) is 107 Å². The third kappa shape index (κ3) is 14.4. The first-order chi connectivity index (χ1) is 37.8. The number of ether oxygens (including phenoxy) is 4. The number of nitrogens with zero attached hydrogens (tertiary/aromatic N) is 4. The molecular formula is C36H46N8O33P4. The van der Waals surface area contributed by atoms with Crippen molar-refractivity contribution < 1.29 is 119 Å². The van der Waals surface area contributed by atoms with Crippen LogP contribution < -0.4 is 45.0 Å². The molecule has 0 saturated carbocycles. The quantitative estimate of drug-likeness (QED) is 0.0325. The molecular weight excluding hydrogens is 1200 g/mol. The summed E-state index contributed by atoms with van der Waals surface area (Å²) in [6.07, 6.45) is -29.7. The van der Waals surface area contributed by atoms with Gasteiger partial charge in [-0.25, -0.2) is 37.4 Å². The molecule has 14 N–H and O–H groups in total. The molecule has 0 amide bonds. The van der Waals surface area contributed by atoms with Crippen LogP contribution in [0.5, 0.6) is 0 Å². The minimum absolute atomic E-state index is 0.509. The standard InChI is InChI=1S/C36H46N8O33P4/c45-17-1-5-41(33(54)37-17)29-22(50)21(49)13(71-29)9-68-79(61,62)76-27-15(73-31(24(27)52)43-7-3-19(47)39-35(43)56)11-70-81(65,66)77-28-16(74-32(25(28)53)44-8-4-20(48)40-36(44)57)12-69-80(63,64)75-26-14(10-67-78(58,59)60)72-30(23(26)51)42-6-2-18(46)38-34(42)55/h1-8,13-16,21-32,49-53H,9-12H2,(H,61,62)(H,63,64)(H,65,66)(H,37,45,54)(H,38,46,55)(H,39,47,56)(H,40,48,57)(H2,58,59,60)/t13-,14-,15-,16-,21-,22-,23-,24-,25-,26-,27-,28-,29-,30-,31-,32-/m1/s1. The van der Waals surface area contributed by atoms with Crippen molar-refractivity contribution in [2.24, 2.45) is 0 Å². The van der Waals surface area contributed by atoms with Crippen molar-refractivity contribution in [3.8, 4) is 0 Å². The number of phosphoric acid groups is 4. The van der Waals surface area contributed by atoms with E-state index in [1.54, 1.807) is 0 Å². The molecule has 4 aromatic heterocycles. The summed E-state index contributed by atoms with van der Waals surface area (Å²) in [5.74, 6) is 0. The fourth-order valence-corrected chi connectivity index (χ4v) is 11.7. The van der Waals surface area contributed by atoms with Gasteiger partial charge >= 0.3 is 54.0 Å². The largest absolute Gasteiger partial charge is 0.472 e.